The van der Waals surface area contributed by atoms with Crippen molar-refractivity contribution < 1.29 is 27.4 Å². The highest BCUT2D eigenvalue weighted by Gasteiger charge is 2.39. The van der Waals surface area contributed by atoms with Crippen LogP contribution in [0.2, 0.25) is 0 Å². The highest BCUT2D eigenvalue weighted by atomic mass is 79.9. The summed E-state index contributed by atoms with van der Waals surface area (Å²) in [5.41, 5.74) is 0.0429. The third-order valence-electron chi connectivity index (χ3n) is 4.19. The zero-order chi connectivity index (χ0) is 19.6. The van der Waals surface area contributed by atoms with Crippen molar-refractivity contribution in [3.8, 4) is 5.75 Å². The molecule has 1 aliphatic rings. The lowest BCUT2D eigenvalue weighted by molar-refractivity contribution is -0.142. The monoisotopic (exact) mass is 447 g/mol. The van der Waals surface area contributed by atoms with E-state index in [4.69, 9.17) is 9.47 Å². The lowest BCUT2D eigenvalue weighted by Gasteiger charge is -2.15. The topological polar surface area (TPSA) is 65.4 Å². The van der Waals surface area contributed by atoms with Crippen LogP contribution >= 0.6 is 15.9 Å². The van der Waals surface area contributed by atoms with Gasteiger partial charge in [0.2, 0.25) is 0 Å². The SMILES string of the molecule is COc1ccc(Br)c(C(=O)NCCn2nc(C(F)(F)F)c3c2CCOC3)c1. The number of rotatable bonds is 5. The summed E-state index contributed by atoms with van der Waals surface area (Å²) in [4.78, 5) is 12.4. The Bertz CT molecular complexity index is 852. The summed E-state index contributed by atoms with van der Waals surface area (Å²) in [6.07, 6.45) is -4.18. The number of benzene rings is 1. The van der Waals surface area contributed by atoms with Crippen molar-refractivity contribution >= 4 is 21.8 Å². The number of carbonyl (C=O) groups is 1. The van der Waals surface area contributed by atoms with Crippen LogP contribution in [-0.2, 0) is 30.5 Å². The smallest absolute Gasteiger partial charge is 0.435 e. The van der Waals surface area contributed by atoms with Crippen LogP contribution in [0.25, 0.3) is 0 Å². The number of amides is 1. The standard InChI is InChI=1S/C17H17BrF3N3O3/c1-26-10-2-3-13(18)11(8-10)16(25)22-5-6-24-14-4-7-27-9-12(14)15(23-24)17(19,20)21/h2-3,8H,4-7,9H2,1H3,(H,22,25). The van der Waals surface area contributed by atoms with Gasteiger partial charge in [-0.15, -0.1) is 0 Å². The molecular formula is C17H17BrF3N3O3. The van der Waals surface area contributed by atoms with Crippen molar-refractivity contribution in [2.75, 3.05) is 20.3 Å². The Hall–Kier alpha value is -2.07. The molecule has 27 heavy (non-hydrogen) atoms. The first kappa shape index (κ1) is 19.7. The molecule has 2 heterocycles. The van der Waals surface area contributed by atoms with Crippen molar-refractivity contribution in [1.29, 1.82) is 0 Å². The maximum Gasteiger partial charge on any atom is 0.435 e. The summed E-state index contributed by atoms with van der Waals surface area (Å²) >= 11 is 3.30. The van der Waals surface area contributed by atoms with Crippen LogP contribution in [0.5, 0.6) is 5.75 Å². The fourth-order valence-electron chi connectivity index (χ4n) is 2.90. The van der Waals surface area contributed by atoms with Gasteiger partial charge in [-0.05, 0) is 34.1 Å². The lowest BCUT2D eigenvalue weighted by Crippen LogP contribution is -2.28. The summed E-state index contributed by atoms with van der Waals surface area (Å²) in [5.74, 6) is 0.167. The van der Waals surface area contributed by atoms with E-state index in [0.717, 1.165) is 0 Å². The number of halogens is 4. The second-order valence-electron chi connectivity index (χ2n) is 5.90. The first-order chi connectivity index (χ1) is 12.8. The van der Waals surface area contributed by atoms with E-state index >= 15 is 0 Å². The third kappa shape index (κ3) is 4.27. The summed E-state index contributed by atoms with van der Waals surface area (Å²) in [7, 11) is 1.49. The minimum atomic E-state index is -4.54. The van der Waals surface area contributed by atoms with Crippen molar-refractivity contribution in [3.05, 3.63) is 45.2 Å². The Labute approximate surface area is 161 Å². The molecule has 1 N–H and O–H groups in total. The molecule has 2 aromatic rings. The molecule has 146 valence electrons. The Morgan fingerprint density at radius 3 is 2.93 bits per heavy atom. The molecular weight excluding hydrogens is 431 g/mol. The number of ether oxygens (including phenoxy) is 2. The summed E-state index contributed by atoms with van der Waals surface area (Å²) in [5, 5.41) is 6.41. The minimum Gasteiger partial charge on any atom is -0.497 e. The van der Waals surface area contributed by atoms with Gasteiger partial charge in [-0.3, -0.25) is 9.48 Å². The van der Waals surface area contributed by atoms with Gasteiger partial charge in [0.15, 0.2) is 5.69 Å². The van der Waals surface area contributed by atoms with Gasteiger partial charge in [0, 0.05) is 28.7 Å². The van der Waals surface area contributed by atoms with Crippen LogP contribution in [0.3, 0.4) is 0 Å². The molecule has 1 aromatic heterocycles. The average molecular weight is 448 g/mol. The predicted molar refractivity (Wildman–Crippen MR) is 93.6 cm³/mol. The van der Waals surface area contributed by atoms with Crippen molar-refractivity contribution in [2.24, 2.45) is 0 Å². The quantitative estimate of drug-likeness (QED) is 0.764. The average Bonchev–Trinajstić information content (AvgIpc) is 3.01. The van der Waals surface area contributed by atoms with E-state index in [-0.39, 0.29) is 31.2 Å². The van der Waals surface area contributed by atoms with Gasteiger partial charge >= 0.3 is 6.18 Å². The van der Waals surface area contributed by atoms with E-state index in [0.29, 0.717) is 34.5 Å². The van der Waals surface area contributed by atoms with Crippen LogP contribution in [-0.4, -0.2) is 35.9 Å². The Balaban J connectivity index is 1.71. The molecule has 0 spiro atoms. The number of carbonyl (C=O) groups excluding carboxylic acids is 1. The predicted octanol–water partition coefficient (Wildman–Crippen LogP) is 3.18. The molecule has 0 aliphatic carbocycles. The molecule has 1 aromatic carbocycles. The fraction of sp³-hybridized carbons (Fsp3) is 0.412. The van der Waals surface area contributed by atoms with E-state index in [2.05, 4.69) is 26.3 Å². The van der Waals surface area contributed by atoms with Crippen molar-refractivity contribution in [2.45, 2.75) is 25.7 Å². The van der Waals surface area contributed by atoms with Crippen LogP contribution in [0, 0.1) is 0 Å². The third-order valence-corrected chi connectivity index (χ3v) is 4.88. The van der Waals surface area contributed by atoms with Gasteiger partial charge in [0.1, 0.15) is 5.75 Å². The first-order valence-corrected chi connectivity index (χ1v) is 8.95. The lowest BCUT2D eigenvalue weighted by atomic mass is 10.1. The van der Waals surface area contributed by atoms with Crippen LogP contribution in [0.15, 0.2) is 22.7 Å². The maximum atomic E-state index is 13.2. The Morgan fingerprint density at radius 1 is 1.44 bits per heavy atom. The van der Waals surface area contributed by atoms with Gasteiger partial charge in [-0.2, -0.15) is 18.3 Å². The number of nitrogens with zero attached hydrogens (tertiary/aromatic N) is 2. The zero-order valence-corrected chi connectivity index (χ0v) is 16.0. The number of aromatic nitrogens is 2. The van der Waals surface area contributed by atoms with E-state index in [9.17, 15) is 18.0 Å². The molecule has 1 aliphatic heterocycles. The molecule has 0 saturated carbocycles. The molecule has 0 radical (unpaired) electrons. The van der Waals surface area contributed by atoms with Crippen LogP contribution < -0.4 is 10.1 Å². The number of fused-ring (bicyclic) bond motifs is 1. The molecule has 10 heteroatoms. The second-order valence-corrected chi connectivity index (χ2v) is 6.75. The van der Waals surface area contributed by atoms with E-state index in [1.807, 2.05) is 0 Å². The summed E-state index contributed by atoms with van der Waals surface area (Å²) in [6.45, 7) is 0.507. The molecule has 0 unspecified atom stereocenters. The number of nitrogens with one attached hydrogen (secondary N) is 1. The number of methoxy groups -OCH3 is 1. The van der Waals surface area contributed by atoms with Crippen LogP contribution in [0.4, 0.5) is 13.2 Å². The van der Waals surface area contributed by atoms with Crippen molar-refractivity contribution in [3.63, 3.8) is 0 Å². The van der Waals surface area contributed by atoms with E-state index < -0.39 is 11.9 Å². The van der Waals surface area contributed by atoms with Gasteiger partial charge in [-0.25, -0.2) is 0 Å². The van der Waals surface area contributed by atoms with Gasteiger partial charge in [0.25, 0.3) is 5.91 Å². The fourth-order valence-corrected chi connectivity index (χ4v) is 3.32. The Kier molecular flexibility index (Phi) is 5.75. The van der Waals surface area contributed by atoms with Crippen molar-refractivity contribution in [1.82, 2.24) is 15.1 Å². The molecule has 1 amide bonds. The molecule has 0 saturated heterocycles. The summed E-state index contributed by atoms with van der Waals surface area (Å²) in [6, 6.07) is 4.97. The molecule has 0 fully saturated rings. The van der Waals surface area contributed by atoms with Gasteiger partial charge in [0.05, 0.1) is 32.4 Å². The highest BCUT2D eigenvalue weighted by molar-refractivity contribution is 9.10. The minimum absolute atomic E-state index is 0.0793. The number of hydrogen-bond acceptors (Lipinski definition) is 4. The number of hydrogen-bond donors (Lipinski definition) is 1. The highest BCUT2D eigenvalue weighted by Crippen LogP contribution is 2.34. The largest absolute Gasteiger partial charge is 0.497 e. The Morgan fingerprint density at radius 2 is 2.22 bits per heavy atom. The van der Waals surface area contributed by atoms with E-state index in [1.165, 1.54) is 11.8 Å². The van der Waals surface area contributed by atoms with Gasteiger partial charge in [-0.1, -0.05) is 0 Å². The van der Waals surface area contributed by atoms with Gasteiger partial charge < -0.3 is 14.8 Å². The normalized spacial score (nSPS) is 14.0. The molecule has 0 atom stereocenters. The summed E-state index contributed by atoms with van der Waals surface area (Å²) < 4.78 is 51.6. The second kappa shape index (κ2) is 7.89. The number of alkyl halides is 3. The molecule has 3 rings (SSSR count). The molecule has 0 bridgehead atoms. The molecule has 6 nitrogen and oxygen atoms in total. The van der Waals surface area contributed by atoms with Crippen LogP contribution in [0.1, 0.15) is 27.3 Å². The zero-order valence-electron chi connectivity index (χ0n) is 14.4. The maximum absolute atomic E-state index is 13.2. The van der Waals surface area contributed by atoms with E-state index in [1.54, 1.807) is 18.2 Å². The first-order valence-electron chi connectivity index (χ1n) is 8.16.